The minimum absolute atomic E-state index is 0.0589. The van der Waals surface area contributed by atoms with Crippen LogP contribution >= 0.6 is 23.4 Å². The fourth-order valence-corrected chi connectivity index (χ4v) is 2.78. The van der Waals surface area contributed by atoms with Gasteiger partial charge in [-0.3, -0.25) is 14.9 Å². The van der Waals surface area contributed by atoms with E-state index in [-0.39, 0.29) is 17.1 Å². The molecule has 8 heteroatoms. The van der Waals surface area contributed by atoms with Crippen LogP contribution in [0.15, 0.2) is 48.5 Å². The van der Waals surface area contributed by atoms with Gasteiger partial charge in [0.2, 0.25) is 5.91 Å². The minimum Gasteiger partial charge on any atom is -0.435 e. The average molecular weight is 386 g/mol. The minimum atomic E-state index is -2.93. The van der Waals surface area contributed by atoms with Crippen molar-refractivity contribution in [3.8, 4) is 5.75 Å². The molecule has 132 valence electrons. The second-order valence-electron chi connectivity index (χ2n) is 4.90. The van der Waals surface area contributed by atoms with E-state index in [4.69, 9.17) is 11.6 Å². The molecule has 0 saturated carbocycles. The molecule has 0 saturated heterocycles. The van der Waals surface area contributed by atoms with Crippen LogP contribution in [0.5, 0.6) is 5.75 Å². The maximum absolute atomic E-state index is 12.1. The summed E-state index contributed by atoms with van der Waals surface area (Å²) in [7, 11) is 0. The molecule has 0 aliphatic rings. The van der Waals surface area contributed by atoms with Gasteiger partial charge in [0.05, 0.1) is 5.75 Å². The highest BCUT2D eigenvalue weighted by atomic mass is 35.5. The molecule has 0 radical (unpaired) electrons. The lowest BCUT2D eigenvalue weighted by atomic mass is 10.2. The monoisotopic (exact) mass is 385 g/mol. The number of benzene rings is 2. The van der Waals surface area contributed by atoms with E-state index in [1.807, 2.05) is 12.1 Å². The highest BCUT2D eigenvalue weighted by molar-refractivity contribution is 7.99. The van der Waals surface area contributed by atoms with Crippen LogP contribution in [0.4, 0.5) is 8.78 Å². The van der Waals surface area contributed by atoms with Crippen molar-refractivity contribution in [1.29, 1.82) is 0 Å². The lowest BCUT2D eigenvalue weighted by molar-refractivity contribution is -0.117. The fourth-order valence-electron chi connectivity index (χ4n) is 1.86. The maximum Gasteiger partial charge on any atom is 0.387 e. The van der Waals surface area contributed by atoms with Crippen LogP contribution in [0.2, 0.25) is 5.02 Å². The smallest absolute Gasteiger partial charge is 0.387 e. The Morgan fingerprint density at radius 3 is 2.32 bits per heavy atom. The van der Waals surface area contributed by atoms with Crippen LogP contribution in [0, 0.1) is 0 Å². The number of nitrogens with one attached hydrogen (secondary N) is 1. The molecule has 0 fully saturated rings. The van der Waals surface area contributed by atoms with Crippen molar-refractivity contribution in [2.75, 3.05) is 5.75 Å². The standard InChI is InChI=1S/C17H14ClF2NO3S/c18-13-5-1-11(2-6-13)9-25-10-15(22)21-16(23)12-3-7-14(8-4-12)24-17(19)20/h1-8,17H,9-10H2,(H,21,22,23). The molecule has 2 aromatic rings. The van der Waals surface area contributed by atoms with Crippen LogP contribution in [-0.4, -0.2) is 24.2 Å². The van der Waals surface area contributed by atoms with Crippen molar-refractivity contribution in [3.05, 3.63) is 64.7 Å². The normalized spacial score (nSPS) is 10.6. The first-order chi connectivity index (χ1) is 11.9. The maximum atomic E-state index is 12.1. The molecule has 2 aromatic carbocycles. The van der Waals surface area contributed by atoms with Crippen molar-refractivity contribution < 1.29 is 23.1 Å². The second kappa shape index (κ2) is 9.39. The summed E-state index contributed by atoms with van der Waals surface area (Å²) in [6.45, 7) is -2.93. The molecule has 0 bridgehead atoms. The molecule has 0 heterocycles. The van der Waals surface area contributed by atoms with E-state index < -0.39 is 18.4 Å². The van der Waals surface area contributed by atoms with Gasteiger partial charge in [-0.15, -0.1) is 11.8 Å². The van der Waals surface area contributed by atoms with Gasteiger partial charge in [0.1, 0.15) is 5.75 Å². The Morgan fingerprint density at radius 2 is 1.72 bits per heavy atom. The van der Waals surface area contributed by atoms with Gasteiger partial charge in [0.15, 0.2) is 0 Å². The van der Waals surface area contributed by atoms with Crippen LogP contribution in [0.3, 0.4) is 0 Å². The van der Waals surface area contributed by atoms with Gasteiger partial charge in [-0.25, -0.2) is 0 Å². The molecule has 1 N–H and O–H groups in total. The third kappa shape index (κ3) is 6.72. The highest BCUT2D eigenvalue weighted by Gasteiger charge is 2.11. The number of alkyl halides is 2. The van der Waals surface area contributed by atoms with Crippen molar-refractivity contribution in [2.45, 2.75) is 12.4 Å². The number of carbonyl (C=O) groups excluding carboxylic acids is 2. The third-order valence-corrected chi connectivity index (χ3v) is 4.27. The van der Waals surface area contributed by atoms with Crippen LogP contribution in [0.25, 0.3) is 0 Å². The predicted octanol–water partition coefficient (Wildman–Crippen LogP) is 4.13. The van der Waals surface area contributed by atoms with Gasteiger partial charge in [-0.1, -0.05) is 23.7 Å². The Bertz CT molecular complexity index is 724. The number of rotatable bonds is 7. The highest BCUT2D eigenvalue weighted by Crippen LogP contribution is 2.16. The van der Waals surface area contributed by atoms with E-state index in [1.54, 1.807) is 12.1 Å². The van der Waals surface area contributed by atoms with Crippen LogP contribution in [0.1, 0.15) is 15.9 Å². The summed E-state index contributed by atoms with van der Waals surface area (Å²) in [5.74, 6) is -0.367. The average Bonchev–Trinajstić information content (AvgIpc) is 2.56. The molecule has 0 atom stereocenters. The zero-order valence-corrected chi connectivity index (χ0v) is 14.4. The first-order valence-corrected chi connectivity index (χ1v) is 8.68. The number of hydrogen-bond donors (Lipinski definition) is 1. The largest absolute Gasteiger partial charge is 0.435 e. The van der Waals surface area contributed by atoms with E-state index in [1.165, 1.54) is 36.0 Å². The second-order valence-corrected chi connectivity index (χ2v) is 6.32. The van der Waals surface area contributed by atoms with E-state index in [0.29, 0.717) is 10.8 Å². The number of ether oxygens (including phenoxy) is 1. The quantitative estimate of drug-likeness (QED) is 0.778. The zero-order chi connectivity index (χ0) is 18.2. The van der Waals surface area contributed by atoms with Crippen LogP contribution < -0.4 is 10.1 Å². The van der Waals surface area contributed by atoms with Gasteiger partial charge in [-0.05, 0) is 42.0 Å². The molecule has 2 rings (SSSR count). The lowest BCUT2D eigenvalue weighted by Gasteiger charge is -2.07. The molecule has 0 spiro atoms. The van der Waals surface area contributed by atoms with Crippen molar-refractivity contribution in [3.63, 3.8) is 0 Å². The predicted molar refractivity (Wildman–Crippen MR) is 93.2 cm³/mol. The number of thioether (sulfide) groups is 1. The number of carbonyl (C=O) groups is 2. The molecule has 25 heavy (non-hydrogen) atoms. The van der Waals surface area contributed by atoms with Crippen molar-refractivity contribution >= 4 is 35.2 Å². The molecular weight excluding hydrogens is 372 g/mol. The summed E-state index contributed by atoms with van der Waals surface area (Å²) in [4.78, 5) is 23.7. The van der Waals surface area contributed by atoms with Gasteiger partial charge in [-0.2, -0.15) is 8.78 Å². The van der Waals surface area contributed by atoms with Gasteiger partial charge in [0.25, 0.3) is 5.91 Å². The summed E-state index contributed by atoms with van der Waals surface area (Å²) in [6, 6.07) is 12.3. The molecule has 0 aliphatic carbocycles. The van der Waals surface area contributed by atoms with Gasteiger partial charge in [0, 0.05) is 16.3 Å². The van der Waals surface area contributed by atoms with E-state index in [2.05, 4.69) is 10.1 Å². The number of imide groups is 1. The van der Waals surface area contributed by atoms with Crippen molar-refractivity contribution in [2.24, 2.45) is 0 Å². The first-order valence-electron chi connectivity index (χ1n) is 7.15. The number of hydrogen-bond acceptors (Lipinski definition) is 4. The molecule has 0 aromatic heterocycles. The summed E-state index contributed by atoms with van der Waals surface area (Å²) in [5.41, 5.74) is 1.20. The summed E-state index contributed by atoms with van der Waals surface area (Å²) < 4.78 is 28.3. The molecule has 4 nitrogen and oxygen atoms in total. The number of halogens is 3. The number of amides is 2. The Kier molecular flexibility index (Phi) is 7.21. The van der Waals surface area contributed by atoms with Crippen molar-refractivity contribution in [1.82, 2.24) is 5.32 Å². The van der Waals surface area contributed by atoms with E-state index in [0.717, 1.165) is 5.56 Å². The Morgan fingerprint density at radius 1 is 1.08 bits per heavy atom. The topological polar surface area (TPSA) is 55.4 Å². The zero-order valence-electron chi connectivity index (χ0n) is 12.9. The van der Waals surface area contributed by atoms with Crippen LogP contribution in [-0.2, 0) is 10.5 Å². The molecule has 0 unspecified atom stereocenters. The third-order valence-electron chi connectivity index (χ3n) is 3.01. The Hall–Kier alpha value is -2.12. The lowest BCUT2D eigenvalue weighted by Crippen LogP contribution is -2.31. The van der Waals surface area contributed by atoms with E-state index >= 15 is 0 Å². The summed E-state index contributed by atoms with van der Waals surface area (Å²) in [6.07, 6.45) is 0. The molecular formula is C17H14ClF2NO3S. The molecule has 2 amide bonds. The van der Waals surface area contributed by atoms with Gasteiger partial charge >= 0.3 is 6.61 Å². The molecule has 0 aliphatic heterocycles. The summed E-state index contributed by atoms with van der Waals surface area (Å²) in [5, 5.41) is 2.88. The van der Waals surface area contributed by atoms with Gasteiger partial charge < -0.3 is 4.74 Å². The first kappa shape index (κ1) is 19.2. The summed E-state index contributed by atoms with van der Waals surface area (Å²) >= 11 is 7.15. The fraction of sp³-hybridized carbons (Fsp3) is 0.176. The SMILES string of the molecule is O=C(CSCc1ccc(Cl)cc1)NC(=O)c1ccc(OC(F)F)cc1. The Labute approximate surface area is 152 Å². The Balaban J connectivity index is 1.77. The van der Waals surface area contributed by atoms with E-state index in [9.17, 15) is 18.4 Å².